The van der Waals surface area contributed by atoms with Crippen LogP contribution in [-0.2, 0) is 4.79 Å². The number of pyridine rings is 1. The zero-order valence-electron chi connectivity index (χ0n) is 16.6. The maximum atomic E-state index is 11.7. The highest BCUT2D eigenvalue weighted by atomic mass is 35.5. The molecule has 0 radical (unpaired) electrons. The minimum absolute atomic E-state index is 0.0139. The minimum atomic E-state index is -0.185. The van der Waals surface area contributed by atoms with E-state index in [1.165, 1.54) is 11.3 Å². The smallest absolute Gasteiger partial charge is 0.262 e. The zero-order valence-corrected chi connectivity index (χ0v) is 18.2. The van der Waals surface area contributed by atoms with Gasteiger partial charge in [-0.2, -0.15) is 5.10 Å². The topological polar surface area (TPSA) is 80.9 Å². The Balaban J connectivity index is 1.64. The van der Waals surface area contributed by atoms with Gasteiger partial charge in [-0.3, -0.25) is 9.78 Å². The molecule has 0 fully saturated rings. The predicted octanol–water partition coefficient (Wildman–Crippen LogP) is 4.71. The van der Waals surface area contributed by atoms with Gasteiger partial charge in [0.25, 0.3) is 5.91 Å². The molecular formula is C23H16ClN5O2S. The molecule has 1 aliphatic heterocycles. The number of nitrogens with zero attached hydrogens (tertiary/aromatic N) is 4. The molecule has 4 aromatic rings. The molecule has 1 amide bonds. The monoisotopic (exact) mass is 461 g/mol. The number of thiazole rings is 1. The van der Waals surface area contributed by atoms with Crippen LogP contribution in [0.15, 0.2) is 82.3 Å². The van der Waals surface area contributed by atoms with Crippen LogP contribution in [0.1, 0.15) is 5.69 Å². The Morgan fingerprint density at radius 3 is 2.88 bits per heavy atom. The molecule has 0 atom stereocenters. The van der Waals surface area contributed by atoms with Gasteiger partial charge in [0.15, 0.2) is 6.61 Å². The highest BCUT2D eigenvalue weighted by Gasteiger charge is 2.18. The summed E-state index contributed by atoms with van der Waals surface area (Å²) in [7, 11) is 0. The molecular weight excluding hydrogens is 446 g/mol. The largest absolute Gasteiger partial charge is 0.482 e. The van der Waals surface area contributed by atoms with Crippen LogP contribution in [0.5, 0.6) is 5.75 Å². The van der Waals surface area contributed by atoms with Gasteiger partial charge in [0.05, 0.1) is 34.0 Å². The Kier molecular flexibility index (Phi) is 5.53. The van der Waals surface area contributed by atoms with E-state index >= 15 is 0 Å². The van der Waals surface area contributed by atoms with Gasteiger partial charge >= 0.3 is 0 Å². The Labute approximate surface area is 192 Å². The highest BCUT2D eigenvalue weighted by molar-refractivity contribution is 7.07. The normalized spacial score (nSPS) is 13.7. The van der Waals surface area contributed by atoms with Crippen LogP contribution in [0.4, 0.5) is 11.4 Å². The number of anilines is 1. The Bertz CT molecular complexity index is 1400. The maximum Gasteiger partial charge on any atom is 0.262 e. The molecule has 0 unspecified atom stereocenters. The summed E-state index contributed by atoms with van der Waals surface area (Å²) < 4.78 is 7.20. The molecule has 3 heterocycles. The van der Waals surface area contributed by atoms with Gasteiger partial charge in [-0.25, -0.2) is 9.67 Å². The molecule has 32 heavy (non-hydrogen) atoms. The number of amides is 1. The summed E-state index contributed by atoms with van der Waals surface area (Å²) in [5.74, 6) is 0.448. The number of nitrogens with one attached hydrogen (secondary N) is 1. The molecule has 1 N–H and O–H groups in total. The first-order valence-electron chi connectivity index (χ1n) is 9.70. The molecule has 7 nitrogen and oxygen atoms in total. The summed E-state index contributed by atoms with van der Waals surface area (Å²) in [6, 6.07) is 18.6. The number of para-hydroxylation sites is 1. The summed E-state index contributed by atoms with van der Waals surface area (Å²) in [6.45, 7) is 0.0139. The summed E-state index contributed by atoms with van der Waals surface area (Å²) >= 11 is 7.75. The van der Waals surface area contributed by atoms with Gasteiger partial charge in [0, 0.05) is 17.1 Å². The van der Waals surface area contributed by atoms with E-state index in [0.717, 1.165) is 11.3 Å². The molecule has 0 saturated heterocycles. The fourth-order valence-corrected chi connectivity index (χ4v) is 4.17. The van der Waals surface area contributed by atoms with Crippen LogP contribution in [0.25, 0.3) is 11.3 Å². The first kappa shape index (κ1) is 20.2. The number of halogens is 1. The van der Waals surface area contributed by atoms with Crippen molar-refractivity contribution in [2.24, 2.45) is 10.1 Å². The van der Waals surface area contributed by atoms with E-state index in [1.54, 1.807) is 23.2 Å². The van der Waals surface area contributed by atoms with Crippen molar-refractivity contribution in [2.75, 3.05) is 11.9 Å². The third-order valence-electron chi connectivity index (χ3n) is 4.66. The lowest BCUT2D eigenvalue weighted by atomic mass is 10.1. The van der Waals surface area contributed by atoms with E-state index < -0.39 is 0 Å². The van der Waals surface area contributed by atoms with Crippen molar-refractivity contribution in [2.45, 2.75) is 0 Å². The highest BCUT2D eigenvalue weighted by Crippen LogP contribution is 2.33. The van der Waals surface area contributed by atoms with E-state index in [2.05, 4.69) is 15.4 Å². The summed E-state index contributed by atoms with van der Waals surface area (Å²) in [5.41, 5.74) is 3.64. The van der Waals surface area contributed by atoms with Gasteiger partial charge in [-0.1, -0.05) is 29.8 Å². The summed E-state index contributed by atoms with van der Waals surface area (Å²) in [4.78, 5) is 21.4. The molecule has 9 heteroatoms. The Morgan fingerprint density at radius 1 is 1.16 bits per heavy atom. The van der Waals surface area contributed by atoms with Crippen LogP contribution in [0.3, 0.4) is 0 Å². The summed E-state index contributed by atoms with van der Waals surface area (Å²) in [6.07, 6.45) is 3.38. The quantitative estimate of drug-likeness (QED) is 0.447. The van der Waals surface area contributed by atoms with Crippen molar-refractivity contribution in [3.8, 4) is 17.0 Å². The number of rotatable bonds is 4. The molecule has 2 aromatic carbocycles. The fraction of sp³-hybridized carbons (Fsp3) is 0.0435. The van der Waals surface area contributed by atoms with Crippen LogP contribution in [0, 0.1) is 0 Å². The first-order valence-corrected chi connectivity index (χ1v) is 11.0. The second kappa shape index (κ2) is 8.78. The Morgan fingerprint density at radius 2 is 2.03 bits per heavy atom. The SMILES string of the molecule is O=C1COc2ccc(-c3csc(=Nc4ccccc4Cl)n3N=Cc3ccccn3)cc2N1. The Hall–Kier alpha value is -3.75. The fourth-order valence-electron chi connectivity index (χ4n) is 3.14. The second-order valence-corrected chi connectivity index (χ2v) is 8.07. The lowest BCUT2D eigenvalue weighted by molar-refractivity contribution is -0.118. The van der Waals surface area contributed by atoms with Gasteiger partial charge in [-0.15, -0.1) is 11.3 Å². The number of fused-ring (bicyclic) bond motifs is 1. The first-order chi connectivity index (χ1) is 15.7. The van der Waals surface area contributed by atoms with Crippen molar-refractivity contribution in [3.63, 3.8) is 0 Å². The molecule has 0 saturated carbocycles. The molecule has 0 aliphatic carbocycles. The number of benzene rings is 2. The second-order valence-electron chi connectivity index (χ2n) is 6.83. The van der Waals surface area contributed by atoms with Crippen molar-refractivity contribution < 1.29 is 9.53 Å². The predicted molar refractivity (Wildman–Crippen MR) is 126 cm³/mol. The third-order valence-corrected chi connectivity index (χ3v) is 5.79. The van der Waals surface area contributed by atoms with E-state index in [4.69, 9.17) is 21.3 Å². The van der Waals surface area contributed by atoms with Crippen molar-refractivity contribution >= 4 is 46.4 Å². The van der Waals surface area contributed by atoms with Crippen LogP contribution < -0.4 is 14.9 Å². The molecule has 0 spiro atoms. The van der Waals surface area contributed by atoms with Crippen LogP contribution >= 0.6 is 22.9 Å². The van der Waals surface area contributed by atoms with Gasteiger partial charge in [0.1, 0.15) is 5.75 Å². The number of hydrogen-bond donors (Lipinski definition) is 1. The van der Waals surface area contributed by atoms with E-state index in [1.807, 2.05) is 60.0 Å². The molecule has 2 aromatic heterocycles. The third kappa shape index (κ3) is 4.18. The lowest BCUT2D eigenvalue weighted by Crippen LogP contribution is -2.25. The van der Waals surface area contributed by atoms with Crippen LogP contribution in [0.2, 0.25) is 5.02 Å². The maximum absolute atomic E-state index is 11.7. The number of aromatic nitrogens is 2. The number of carbonyl (C=O) groups excluding carboxylic acids is 1. The standard InChI is InChI=1S/C23H16ClN5O2S/c24-17-6-1-2-7-18(17)28-23-29(26-12-16-5-3-4-10-25-16)20(14-32-23)15-8-9-21-19(11-15)27-22(30)13-31-21/h1-12,14H,13H2,(H,27,30). The van der Waals surface area contributed by atoms with Gasteiger partial charge in [0.2, 0.25) is 4.80 Å². The van der Waals surface area contributed by atoms with E-state index in [0.29, 0.717) is 32.6 Å². The van der Waals surface area contributed by atoms with Crippen LogP contribution in [-0.4, -0.2) is 28.4 Å². The molecule has 0 bridgehead atoms. The molecule has 5 rings (SSSR count). The minimum Gasteiger partial charge on any atom is -0.482 e. The summed E-state index contributed by atoms with van der Waals surface area (Å²) in [5, 5.41) is 10.0. The van der Waals surface area contributed by atoms with Gasteiger partial charge < -0.3 is 10.1 Å². The van der Waals surface area contributed by atoms with Crippen molar-refractivity contribution in [1.82, 2.24) is 9.66 Å². The van der Waals surface area contributed by atoms with E-state index in [9.17, 15) is 4.79 Å². The van der Waals surface area contributed by atoms with E-state index in [-0.39, 0.29) is 12.5 Å². The zero-order chi connectivity index (χ0) is 21.9. The number of hydrogen-bond acceptors (Lipinski definition) is 6. The molecule has 158 valence electrons. The lowest BCUT2D eigenvalue weighted by Gasteiger charge is -2.18. The van der Waals surface area contributed by atoms with Gasteiger partial charge in [-0.05, 0) is 42.5 Å². The average molecular weight is 462 g/mol. The number of carbonyl (C=O) groups is 1. The molecule has 1 aliphatic rings. The van der Waals surface area contributed by atoms with Crippen molar-refractivity contribution in [1.29, 1.82) is 0 Å². The van der Waals surface area contributed by atoms with Crippen molar-refractivity contribution in [3.05, 3.63) is 87.8 Å². The number of ether oxygens (including phenoxy) is 1. The average Bonchev–Trinajstić information content (AvgIpc) is 3.21.